The molecule has 4 atom stereocenters. The second kappa shape index (κ2) is 8.07. The van der Waals surface area contributed by atoms with Gasteiger partial charge in [0.2, 0.25) is 0 Å². The summed E-state index contributed by atoms with van der Waals surface area (Å²) in [6, 6.07) is 10.6. The average molecular weight is 344 g/mol. The third-order valence-electron chi connectivity index (χ3n) is 6.49. The summed E-state index contributed by atoms with van der Waals surface area (Å²) in [7, 11) is 0. The number of ether oxygens (including phenoxy) is 1. The van der Waals surface area contributed by atoms with Crippen LogP contribution in [0.4, 0.5) is 5.69 Å². The third kappa shape index (κ3) is 4.36. The number of hydrogen-bond acceptors (Lipinski definition) is 4. The fraction of sp³-hybridized carbons (Fsp3) is 0.714. The van der Waals surface area contributed by atoms with Crippen LogP contribution in [0.3, 0.4) is 0 Å². The van der Waals surface area contributed by atoms with Gasteiger partial charge in [0.25, 0.3) is 0 Å². The predicted octanol–water partition coefficient (Wildman–Crippen LogP) is 2.62. The van der Waals surface area contributed by atoms with Crippen molar-refractivity contribution in [2.24, 2.45) is 17.8 Å². The molecule has 2 aliphatic carbocycles. The predicted molar refractivity (Wildman–Crippen MR) is 101 cm³/mol. The standard InChI is InChI=1S/C21H32N2O2/c24-21(16-25-15-19-13-17-6-7-18(19)12-17)14-22-8-10-23(11-9-22)20-4-2-1-3-5-20/h1-5,17-19,21,24H,6-16H2/t17-,18-,19+,21+/m0/s1. The number of β-amino-alcohol motifs (C(OH)–C–C–N with tert-alkyl or cyclic N) is 1. The first-order valence-corrected chi connectivity index (χ1v) is 10.1. The van der Waals surface area contributed by atoms with E-state index in [-0.39, 0.29) is 6.10 Å². The van der Waals surface area contributed by atoms with Gasteiger partial charge >= 0.3 is 0 Å². The lowest BCUT2D eigenvalue weighted by Crippen LogP contribution is -2.49. The van der Waals surface area contributed by atoms with Gasteiger partial charge in [0.15, 0.2) is 0 Å². The minimum absolute atomic E-state index is 0.359. The van der Waals surface area contributed by atoms with E-state index in [1.807, 2.05) is 0 Å². The quantitative estimate of drug-likeness (QED) is 0.825. The number of aliphatic hydroxyl groups excluding tert-OH is 1. The van der Waals surface area contributed by atoms with Crippen LogP contribution in [-0.4, -0.2) is 62.0 Å². The largest absolute Gasteiger partial charge is 0.389 e. The summed E-state index contributed by atoms with van der Waals surface area (Å²) in [5, 5.41) is 10.3. The molecule has 0 unspecified atom stereocenters. The number of benzene rings is 1. The van der Waals surface area contributed by atoms with Gasteiger partial charge in [0.1, 0.15) is 0 Å². The molecule has 0 spiro atoms. The average Bonchev–Trinajstić information content (AvgIpc) is 3.26. The Morgan fingerprint density at radius 2 is 1.84 bits per heavy atom. The summed E-state index contributed by atoms with van der Waals surface area (Å²) in [4.78, 5) is 4.79. The number of nitrogens with zero attached hydrogens (tertiary/aromatic N) is 2. The molecule has 0 aromatic heterocycles. The summed E-state index contributed by atoms with van der Waals surface area (Å²) in [5.41, 5.74) is 1.30. The van der Waals surface area contributed by atoms with Crippen molar-refractivity contribution < 1.29 is 9.84 Å². The van der Waals surface area contributed by atoms with E-state index in [0.29, 0.717) is 6.61 Å². The Hall–Kier alpha value is -1.10. The van der Waals surface area contributed by atoms with Crippen LogP contribution < -0.4 is 4.90 Å². The number of anilines is 1. The lowest BCUT2D eigenvalue weighted by molar-refractivity contribution is -0.00274. The molecule has 0 amide bonds. The Bertz CT molecular complexity index is 530. The zero-order valence-electron chi connectivity index (χ0n) is 15.2. The molecule has 4 rings (SSSR count). The van der Waals surface area contributed by atoms with Gasteiger partial charge in [-0.3, -0.25) is 4.90 Å². The zero-order chi connectivity index (χ0) is 17.1. The van der Waals surface area contributed by atoms with E-state index in [2.05, 4.69) is 40.1 Å². The highest BCUT2D eigenvalue weighted by atomic mass is 16.5. The van der Waals surface area contributed by atoms with Gasteiger partial charge in [-0.05, 0) is 49.1 Å². The van der Waals surface area contributed by atoms with Crippen LogP contribution in [0.5, 0.6) is 0 Å². The van der Waals surface area contributed by atoms with E-state index < -0.39 is 0 Å². The molecular weight excluding hydrogens is 312 g/mol. The summed E-state index contributed by atoms with van der Waals surface area (Å²) in [6.45, 7) is 6.17. The van der Waals surface area contributed by atoms with Crippen LogP contribution in [0, 0.1) is 17.8 Å². The molecule has 1 heterocycles. The first-order valence-electron chi connectivity index (χ1n) is 10.1. The van der Waals surface area contributed by atoms with Crippen molar-refractivity contribution >= 4 is 5.69 Å². The lowest BCUT2D eigenvalue weighted by atomic mass is 9.90. The number of fused-ring (bicyclic) bond motifs is 2. The smallest absolute Gasteiger partial charge is 0.0900 e. The van der Waals surface area contributed by atoms with Crippen molar-refractivity contribution in [3.63, 3.8) is 0 Å². The Morgan fingerprint density at radius 1 is 1.04 bits per heavy atom. The molecular formula is C21H32N2O2. The van der Waals surface area contributed by atoms with E-state index >= 15 is 0 Å². The first-order chi connectivity index (χ1) is 12.3. The van der Waals surface area contributed by atoms with Crippen LogP contribution in [0.2, 0.25) is 0 Å². The van der Waals surface area contributed by atoms with Crippen LogP contribution in [-0.2, 0) is 4.74 Å². The normalized spacial score (nSPS) is 30.8. The fourth-order valence-electron chi connectivity index (χ4n) is 5.11. The van der Waals surface area contributed by atoms with Gasteiger partial charge in [-0.25, -0.2) is 0 Å². The second-order valence-electron chi connectivity index (χ2n) is 8.25. The van der Waals surface area contributed by atoms with Gasteiger partial charge in [0.05, 0.1) is 12.7 Å². The molecule has 1 N–H and O–H groups in total. The van der Waals surface area contributed by atoms with Gasteiger partial charge in [-0.15, -0.1) is 0 Å². The van der Waals surface area contributed by atoms with Gasteiger partial charge in [0, 0.05) is 45.0 Å². The molecule has 1 saturated heterocycles. The molecule has 1 aliphatic heterocycles. The van der Waals surface area contributed by atoms with Crippen molar-refractivity contribution in [2.45, 2.75) is 31.8 Å². The van der Waals surface area contributed by atoms with Crippen LogP contribution in [0.25, 0.3) is 0 Å². The minimum Gasteiger partial charge on any atom is -0.389 e. The van der Waals surface area contributed by atoms with Crippen LogP contribution >= 0.6 is 0 Å². The number of rotatable bonds is 7. The molecule has 4 nitrogen and oxygen atoms in total. The minimum atomic E-state index is -0.359. The highest BCUT2D eigenvalue weighted by Crippen LogP contribution is 2.48. The molecule has 2 bridgehead atoms. The maximum atomic E-state index is 10.3. The topological polar surface area (TPSA) is 35.9 Å². The maximum absolute atomic E-state index is 10.3. The highest BCUT2D eigenvalue weighted by molar-refractivity contribution is 5.46. The van der Waals surface area contributed by atoms with Crippen LogP contribution in [0.15, 0.2) is 30.3 Å². The summed E-state index contributed by atoms with van der Waals surface area (Å²) < 4.78 is 5.88. The number of aliphatic hydroxyl groups is 1. The molecule has 0 radical (unpaired) electrons. The van der Waals surface area contributed by atoms with E-state index in [0.717, 1.165) is 57.1 Å². The van der Waals surface area contributed by atoms with Crippen molar-refractivity contribution in [3.05, 3.63) is 30.3 Å². The molecule has 3 aliphatic rings. The van der Waals surface area contributed by atoms with E-state index in [9.17, 15) is 5.11 Å². The van der Waals surface area contributed by atoms with Crippen molar-refractivity contribution in [3.8, 4) is 0 Å². The second-order valence-corrected chi connectivity index (χ2v) is 8.25. The maximum Gasteiger partial charge on any atom is 0.0900 e. The molecule has 1 aromatic rings. The Balaban J connectivity index is 1.13. The third-order valence-corrected chi connectivity index (χ3v) is 6.49. The molecule has 25 heavy (non-hydrogen) atoms. The van der Waals surface area contributed by atoms with Gasteiger partial charge in [-0.1, -0.05) is 24.6 Å². The summed E-state index contributed by atoms with van der Waals surface area (Å²) >= 11 is 0. The van der Waals surface area contributed by atoms with E-state index in [4.69, 9.17) is 4.74 Å². The highest BCUT2D eigenvalue weighted by Gasteiger charge is 2.39. The lowest BCUT2D eigenvalue weighted by Gasteiger charge is -2.36. The van der Waals surface area contributed by atoms with Gasteiger partial charge < -0.3 is 14.7 Å². The number of piperazine rings is 1. The summed E-state index contributed by atoms with van der Waals surface area (Å²) in [6.07, 6.45) is 5.29. The first kappa shape index (κ1) is 17.3. The van der Waals surface area contributed by atoms with Gasteiger partial charge in [-0.2, -0.15) is 0 Å². The number of hydrogen-bond donors (Lipinski definition) is 1. The molecule has 4 heteroatoms. The summed E-state index contributed by atoms with van der Waals surface area (Å²) in [5.74, 6) is 2.65. The van der Waals surface area contributed by atoms with Crippen molar-refractivity contribution in [2.75, 3.05) is 50.8 Å². The van der Waals surface area contributed by atoms with Crippen LogP contribution in [0.1, 0.15) is 25.7 Å². The van der Waals surface area contributed by atoms with E-state index in [1.54, 1.807) is 0 Å². The molecule has 1 aromatic carbocycles. The van der Waals surface area contributed by atoms with Crippen molar-refractivity contribution in [1.82, 2.24) is 4.90 Å². The Labute approximate surface area is 151 Å². The molecule has 3 fully saturated rings. The number of para-hydroxylation sites is 1. The molecule has 2 saturated carbocycles. The zero-order valence-corrected chi connectivity index (χ0v) is 15.2. The monoisotopic (exact) mass is 344 g/mol. The fourth-order valence-corrected chi connectivity index (χ4v) is 5.11. The van der Waals surface area contributed by atoms with Crippen molar-refractivity contribution in [1.29, 1.82) is 0 Å². The van der Waals surface area contributed by atoms with E-state index in [1.165, 1.54) is 31.4 Å². The SMILES string of the molecule is O[C@@H](COC[C@H]1C[C@H]2CC[C@H]1C2)CN1CCN(c2ccccc2)CC1. The Morgan fingerprint density at radius 3 is 2.52 bits per heavy atom. The molecule has 138 valence electrons. The Kier molecular flexibility index (Phi) is 5.59.